The van der Waals surface area contributed by atoms with E-state index in [1.807, 2.05) is 17.9 Å². The van der Waals surface area contributed by atoms with Gasteiger partial charge in [-0.3, -0.25) is 4.79 Å². The highest BCUT2D eigenvalue weighted by Crippen LogP contribution is 2.32. The quantitative estimate of drug-likeness (QED) is 0.363. The van der Waals surface area contributed by atoms with E-state index in [2.05, 4.69) is 22.5 Å². The first kappa shape index (κ1) is 30.1. The van der Waals surface area contributed by atoms with Crippen LogP contribution >= 0.6 is 0 Å². The zero-order valence-corrected chi connectivity index (χ0v) is 24.0. The number of nitrogens with zero attached hydrogens (tertiary/aromatic N) is 2. The number of aromatic nitrogens is 1. The van der Waals surface area contributed by atoms with Gasteiger partial charge in [0.15, 0.2) is 9.84 Å². The SMILES string of the molecule is CCC(=O)N1CCC(Nc2cccc3c2cc(C#CCNc2ccc(S(C)(=O)=O)cc2OC)n3CC(F)(F)F)CC1. The fraction of sp³-hybridized carbons (Fsp3) is 0.414. The average Bonchev–Trinajstić information content (AvgIpc) is 3.27. The summed E-state index contributed by atoms with van der Waals surface area (Å²) in [6.07, 6.45) is -1.39. The van der Waals surface area contributed by atoms with Gasteiger partial charge in [0.05, 0.1) is 35.4 Å². The lowest BCUT2D eigenvalue weighted by Gasteiger charge is -2.33. The van der Waals surface area contributed by atoms with Crippen molar-refractivity contribution in [1.29, 1.82) is 0 Å². The fourth-order valence-electron chi connectivity index (χ4n) is 4.90. The van der Waals surface area contributed by atoms with Crippen LogP contribution in [0, 0.1) is 11.8 Å². The van der Waals surface area contributed by atoms with E-state index in [4.69, 9.17) is 4.74 Å². The molecule has 4 rings (SSSR count). The van der Waals surface area contributed by atoms with E-state index in [1.165, 1.54) is 19.2 Å². The van der Waals surface area contributed by atoms with E-state index in [9.17, 15) is 26.4 Å². The molecule has 0 atom stereocenters. The minimum Gasteiger partial charge on any atom is -0.495 e. The summed E-state index contributed by atoms with van der Waals surface area (Å²) in [7, 11) is -2.01. The van der Waals surface area contributed by atoms with Crippen LogP contribution in [0.25, 0.3) is 10.9 Å². The molecule has 1 amide bonds. The number of carbonyl (C=O) groups excluding carboxylic acids is 1. The van der Waals surface area contributed by atoms with Gasteiger partial charge < -0.3 is 24.8 Å². The highest BCUT2D eigenvalue weighted by atomic mass is 32.2. The van der Waals surface area contributed by atoms with Gasteiger partial charge in [-0.1, -0.05) is 18.9 Å². The zero-order chi connectivity index (χ0) is 29.8. The third kappa shape index (κ3) is 7.47. The molecule has 1 saturated heterocycles. The van der Waals surface area contributed by atoms with E-state index >= 15 is 0 Å². The van der Waals surface area contributed by atoms with Crippen molar-refractivity contribution in [3.8, 4) is 17.6 Å². The molecule has 0 radical (unpaired) electrons. The van der Waals surface area contributed by atoms with Gasteiger partial charge >= 0.3 is 6.18 Å². The predicted octanol–water partition coefficient (Wildman–Crippen LogP) is 4.89. The number of carbonyl (C=O) groups is 1. The van der Waals surface area contributed by atoms with Gasteiger partial charge in [-0.25, -0.2) is 8.42 Å². The Bertz CT molecular complexity index is 1580. The van der Waals surface area contributed by atoms with Crippen molar-refractivity contribution >= 4 is 38.0 Å². The van der Waals surface area contributed by atoms with Crippen LogP contribution in [0.3, 0.4) is 0 Å². The Kier molecular flexibility index (Phi) is 9.07. The van der Waals surface area contributed by atoms with Crippen molar-refractivity contribution in [3.05, 3.63) is 48.2 Å². The first-order chi connectivity index (χ1) is 19.4. The largest absolute Gasteiger partial charge is 0.495 e. The number of rotatable bonds is 8. The van der Waals surface area contributed by atoms with Gasteiger partial charge in [0.2, 0.25) is 5.91 Å². The smallest absolute Gasteiger partial charge is 0.406 e. The molecule has 2 N–H and O–H groups in total. The van der Waals surface area contributed by atoms with E-state index in [1.54, 1.807) is 24.3 Å². The molecule has 3 aromatic rings. The van der Waals surface area contributed by atoms with Crippen LogP contribution in [0.1, 0.15) is 31.9 Å². The third-order valence-corrected chi connectivity index (χ3v) is 8.09. The van der Waals surface area contributed by atoms with Gasteiger partial charge in [-0.15, -0.1) is 0 Å². The molecule has 0 aliphatic carbocycles. The normalized spacial score (nSPS) is 14.4. The Morgan fingerprint density at radius 2 is 1.85 bits per heavy atom. The minimum atomic E-state index is -4.45. The summed E-state index contributed by atoms with van der Waals surface area (Å²) in [6, 6.07) is 11.3. The summed E-state index contributed by atoms with van der Waals surface area (Å²) in [5, 5.41) is 7.14. The van der Waals surface area contributed by atoms with E-state index in [-0.39, 0.29) is 29.1 Å². The second-order valence-corrected chi connectivity index (χ2v) is 11.9. The summed E-state index contributed by atoms with van der Waals surface area (Å²) >= 11 is 0. The number of hydrogen-bond donors (Lipinski definition) is 2. The van der Waals surface area contributed by atoms with Crippen molar-refractivity contribution in [1.82, 2.24) is 9.47 Å². The number of amides is 1. The number of likely N-dealkylation sites (tertiary alicyclic amines) is 1. The van der Waals surface area contributed by atoms with E-state index < -0.39 is 22.6 Å². The Hall–Kier alpha value is -3.85. The van der Waals surface area contributed by atoms with Crippen molar-refractivity contribution < 1.29 is 31.1 Å². The van der Waals surface area contributed by atoms with Gasteiger partial charge in [-0.2, -0.15) is 13.2 Å². The number of nitrogens with one attached hydrogen (secondary N) is 2. The number of methoxy groups -OCH3 is 1. The number of benzene rings is 2. The number of piperidine rings is 1. The molecule has 220 valence electrons. The Balaban J connectivity index is 1.56. The van der Waals surface area contributed by atoms with Crippen LogP contribution in [0.2, 0.25) is 0 Å². The van der Waals surface area contributed by atoms with Gasteiger partial charge in [0.1, 0.15) is 12.3 Å². The van der Waals surface area contributed by atoms with Crippen LogP contribution in [-0.4, -0.2) is 69.0 Å². The maximum Gasteiger partial charge on any atom is 0.406 e. The second-order valence-electron chi connectivity index (χ2n) is 9.91. The zero-order valence-electron chi connectivity index (χ0n) is 23.1. The van der Waals surface area contributed by atoms with Gasteiger partial charge in [0.25, 0.3) is 0 Å². The molecule has 12 heteroatoms. The van der Waals surface area contributed by atoms with Crippen LogP contribution < -0.4 is 15.4 Å². The lowest BCUT2D eigenvalue weighted by molar-refractivity contribution is -0.140. The Morgan fingerprint density at radius 3 is 2.49 bits per heavy atom. The summed E-state index contributed by atoms with van der Waals surface area (Å²) in [5.41, 5.74) is 1.86. The maximum absolute atomic E-state index is 13.6. The molecule has 0 spiro atoms. The molecular formula is C29H33F3N4O4S. The topological polar surface area (TPSA) is 92.7 Å². The molecule has 2 aromatic carbocycles. The molecule has 0 bridgehead atoms. The number of anilines is 2. The Labute approximate surface area is 237 Å². The molecular weight excluding hydrogens is 557 g/mol. The molecule has 1 aliphatic rings. The average molecular weight is 591 g/mol. The molecule has 2 heterocycles. The monoisotopic (exact) mass is 590 g/mol. The number of alkyl halides is 3. The number of halogens is 3. The maximum atomic E-state index is 13.6. The summed E-state index contributed by atoms with van der Waals surface area (Å²) < 4.78 is 70.7. The molecule has 41 heavy (non-hydrogen) atoms. The summed E-state index contributed by atoms with van der Waals surface area (Å²) in [5.74, 6) is 6.17. The number of ether oxygens (including phenoxy) is 1. The minimum absolute atomic E-state index is 0.0856. The first-order valence-electron chi connectivity index (χ1n) is 13.2. The second kappa shape index (κ2) is 12.3. The standard InChI is InChI=1S/C29H33F3N4O4S/c1-4-28(37)35-15-12-20(13-16-35)34-24-8-5-9-26-23(24)17-21(36(26)19-29(30,31)32)7-6-14-33-25-11-10-22(41(3,38)39)18-27(25)40-2/h5,8-11,17-18,20,33-34H,4,12-16,19H2,1-3H3. The molecule has 0 unspecified atom stereocenters. The lowest BCUT2D eigenvalue weighted by Crippen LogP contribution is -2.42. The first-order valence-corrected chi connectivity index (χ1v) is 15.1. The van der Waals surface area contributed by atoms with Crippen molar-refractivity contribution in [2.45, 2.75) is 49.8 Å². The molecule has 1 aromatic heterocycles. The lowest BCUT2D eigenvalue weighted by atomic mass is 10.0. The van der Waals surface area contributed by atoms with Crippen LogP contribution in [0.4, 0.5) is 24.5 Å². The number of sulfone groups is 1. The van der Waals surface area contributed by atoms with Crippen molar-refractivity contribution in [2.75, 3.05) is 43.6 Å². The van der Waals surface area contributed by atoms with Crippen LogP contribution in [-0.2, 0) is 21.2 Å². The van der Waals surface area contributed by atoms with Crippen molar-refractivity contribution in [2.24, 2.45) is 0 Å². The fourth-order valence-corrected chi connectivity index (χ4v) is 5.54. The molecule has 0 saturated carbocycles. The molecule has 1 fully saturated rings. The third-order valence-electron chi connectivity index (χ3n) is 6.98. The van der Waals surface area contributed by atoms with Crippen LogP contribution in [0.15, 0.2) is 47.4 Å². The highest BCUT2D eigenvalue weighted by molar-refractivity contribution is 7.90. The molecule has 1 aliphatic heterocycles. The van der Waals surface area contributed by atoms with Gasteiger partial charge in [0, 0.05) is 48.9 Å². The van der Waals surface area contributed by atoms with E-state index in [0.29, 0.717) is 41.9 Å². The number of hydrogen-bond acceptors (Lipinski definition) is 6. The summed E-state index contributed by atoms with van der Waals surface area (Å²) in [4.78, 5) is 13.9. The summed E-state index contributed by atoms with van der Waals surface area (Å²) in [6.45, 7) is 2.02. The molecule has 8 nitrogen and oxygen atoms in total. The van der Waals surface area contributed by atoms with Crippen molar-refractivity contribution in [3.63, 3.8) is 0 Å². The number of fused-ring (bicyclic) bond motifs is 1. The van der Waals surface area contributed by atoms with Gasteiger partial charge in [-0.05, 0) is 49.1 Å². The predicted molar refractivity (Wildman–Crippen MR) is 153 cm³/mol. The van der Waals surface area contributed by atoms with Crippen LogP contribution in [0.5, 0.6) is 5.75 Å². The highest BCUT2D eigenvalue weighted by Gasteiger charge is 2.30. The van der Waals surface area contributed by atoms with E-state index in [0.717, 1.165) is 29.4 Å². The Morgan fingerprint density at radius 1 is 1.12 bits per heavy atom.